The van der Waals surface area contributed by atoms with Gasteiger partial charge in [-0.15, -0.1) is 0 Å². The van der Waals surface area contributed by atoms with Crippen LogP contribution in [0.4, 0.5) is 11.4 Å². The van der Waals surface area contributed by atoms with E-state index < -0.39 is 0 Å². The van der Waals surface area contributed by atoms with Crippen LogP contribution in [0.15, 0.2) is 47.1 Å². The summed E-state index contributed by atoms with van der Waals surface area (Å²) in [4.78, 5) is 14.5. The summed E-state index contributed by atoms with van der Waals surface area (Å²) in [5, 5.41) is 10.9. The van der Waals surface area contributed by atoms with Gasteiger partial charge in [-0.2, -0.15) is 0 Å². The van der Waals surface area contributed by atoms with Gasteiger partial charge in [-0.05, 0) is 34.4 Å². The number of amides is 1. The van der Waals surface area contributed by atoms with Crippen LogP contribution in [0.25, 0.3) is 11.0 Å². The van der Waals surface area contributed by atoms with Crippen molar-refractivity contribution >= 4 is 28.3 Å². The number of aryl methyl sites for hydroxylation is 1. The second-order valence-corrected chi connectivity index (χ2v) is 6.23. The second kappa shape index (κ2) is 7.53. The van der Waals surface area contributed by atoms with E-state index in [0.29, 0.717) is 42.8 Å². The van der Waals surface area contributed by atoms with Crippen LogP contribution in [0.2, 0.25) is 0 Å². The van der Waals surface area contributed by atoms with Gasteiger partial charge >= 0.3 is 0 Å². The third kappa shape index (κ3) is 3.52. The van der Waals surface area contributed by atoms with Crippen LogP contribution in [0.5, 0.6) is 0 Å². The lowest BCUT2D eigenvalue weighted by Crippen LogP contribution is -2.36. The predicted octanol–water partition coefficient (Wildman–Crippen LogP) is 2.63. The summed E-state index contributed by atoms with van der Waals surface area (Å²) < 4.78 is 10.3. The van der Waals surface area contributed by atoms with Crippen molar-refractivity contribution in [3.8, 4) is 0 Å². The SMILES string of the molecule is O=C(CCc1ccccc1)Nc1ccc(N2CCOCC2)c2nonc12. The van der Waals surface area contributed by atoms with Crippen LogP contribution in [-0.4, -0.2) is 42.5 Å². The second-order valence-electron chi connectivity index (χ2n) is 6.23. The van der Waals surface area contributed by atoms with E-state index in [9.17, 15) is 4.79 Å². The van der Waals surface area contributed by atoms with E-state index in [0.717, 1.165) is 24.3 Å². The molecule has 7 heteroatoms. The molecule has 1 saturated heterocycles. The summed E-state index contributed by atoms with van der Waals surface area (Å²) in [5.41, 5.74) is 3.94. The van der Waals surface area contributed by atoms with Gasteiger partial charge in [-0.1, -0.05) is 30.3 Å². The molecule has 0 unspecified atom stereocenters. The fourth-order valence-corrected chi connectivity index (χ4v) is 3.13. The lowest BCUT2D eigenvalue weighted by molar-refractivity contribution is -0.116. The first-order valence-electron chi connectivity index (χ1n) is 8.73. The van der Waals surface area contributed by atoms with Gasteiger partial charge in [0.25, 0.3) is 0 Å². The number of nitrogens with zero attached hydrogens (tertiary/aromatic N) is 3. The molecule has 0 aliphatic carbocycles. The molecule has 1 amide bonds. The van der Waals surface area contributed by atoms with Crippen molar-refractivity contribution in [2.45, 2.75) is 12.8 Å². The minimum Gasteiger partial charge on any atom is -0.378 e. The Hall–Kier alpha value is -2.93. The molecule has 7 nitrogen and oxygen atoms in total. The molecule has 2 aromatic carbocycles. The minimum absolute atomic E-state index is 0.0581. The molecule has 134 valence electrons. The number of anilines is 2. The molecule has 3 aromatic rings. The van der Waals surface area contributed by atoms with Crippen molar-refractivity contribution in [3.05, 3.63) is 48.0 Å². The Balaban J connectivity index is 1.48. The quantitative estimate of drug-likeness (QED) is 0.760. The van der Waals surface area contributed by atoms with Crippen molar-refractivity contribution in [3.63, 3.8) is 0 Å². The molecule has 0 spiro atoms. The van der Waals surface area contributed by atoms with Crippen molar-refractivity contribution in [2.75, 3.05) is 36.5 Å². The van der Waals surface area contributed by atoms with Gasteiger partial charge in [0.2, 0.25) is 5.91 Å². The van der Waals surface area contributed by atoms with Crippen molar-refractivity contribution in [2.24, 2.45) is 0 Å². The Kier molecular flexibility index (Phi) is 4.79. The monoisotopic (exact) mass is 352 g/mol. The molecule has 1 aliphatic heterocycles. The van der Waals surface area contributed by atoms with Gasteiger partial charge in [0.15, 0.2) is 11.0 Å². The van der Waals surface area contributed by atoms with Gasteiger partial charge in [0.05, 0.1) is 24.6 Å². The summed E-state index contributed by atoms with van der Waals surface area (Å²) >= 11 is 0. The molecule has 0 atom stereocenters. The molecule has 1 N–H and O–H groups in total. The number of hydrogen-bond acceptors (Lipinski definition) is 6. The number of aromatic nitrogens is 2. The standard InChI is InChI=1S/C19H20N4O3/c24-17(9-6-14-4-2-1-3-5-14)20-15-7-8-16(19-18(15)21-26-22-19)23-10-12-25-13-11-23/h1-5,7-8H,6,9-13H2,(H,20,24). The molecular weight excluding hydrogens is 332 g/mol. The average Bonchev–Trinajstić information content (AvgIpc) is 3.18. The summed E-state index contributed by atoms with van der Waals surface area (Å²) in [6.45, 7) is 2.96. The zero-order valence-electron chi connectivity index (χ0n) is 14.4. The van der Waals surface area contributed by atoms with E-state index in [1.807, 2.05) is 42.5 Å². The normalized spacial score (nSPS) is 14.5. The number of fused-ring (bicyclic) bond motifs is 1. The fraction of sp³-hybridized carbons (Fsp3) is 0.316. The van der Waals surface area contributed by atoms with E-state index in [1.165, 1.54) is 0 Å². The van der Waals surface area contributed by atoms with Gasteiger partial charge in [-0.3, -0.25) is 4.79 Å². The molecule has 1 aliphatic rings. The van der Waals surface area contributed by atoms with Crippen LogP contribution in [0.3, 0.4) is 0 Å². The van der Waals surface area contributed by atoms with Crippen LogP contribution in [0, 0.1) is 0 Å². The Morgan fingerprint density at radius 3 is 2.62 bits per heavy atom. The highest BCUT2D eigenvalue weighted by atomic mass is 16.6. The average molecular weight is 352 g/mol. The number of morpholine rings is 1. The van der Waals surface area contributed by atoms with Crippen molar-refractivity contribution < 1.29 is 14.2 Å². The Bertz CT molecular complexity index is 888. The number of nitrogens with one attached hydrogen (secondary N) is 1. The third-order valence-corrected chi connectivity index (χ3v) is 4.50. The Labute approximate surface area is 150 Å². The summed E-state index contributed by atoms with van der Waals surface area (Å²) in [6.07, 6.45) is 1.10. The van der Waals surface area contributed by atoms with Crippen molar-refractivity contribution in [1.29, 1.82) is 0 Å². The summed E-state index contributed by atoms with van der Waals surface area (Å²) in [7, 11) is 0. The molecule has 0 radical (unpaired) electrons. The van der Waals surface area contributed by atoms with Crippen LogP contribution < -0.4 is 10.2 Å². The number of carbonyl (C=O) groups is 1. The Morgan fingerprint density at radius 2 is 1.81 bits per heavy atom. The van der Waals surface area contributed by atoms with E-state index in [1.54, 1.807) is 0 Å². The van der Waals surface area contributed by atoms with E-state index in [4.69, 9.17) is 9.37 Å². The number of benzene rings is 2. The zero-order valence-corrected chi connectivity index (χ0v) is 14.4. The first-order chi connectivity index (χ1) is 12.8. The number of ether oxygens (including phenoxy) is 1. The van der Waals surface area contributed by atoms with Crippen LogP contribution >= 0.6 is 0 Å². The molecular formula is C19H20N4O3. The highest BCUT2D eigenvalue weighted by molar-refractivity contribution is 6.02. The summed E-state index contributed by atoms with van der Waals surface area (Å²) in [6, 6.07) is 13.8. The maximum absolute atomic E-state index is 12.3. The first-order valence-corrected chi connectivity index (χ1v) is 8.73. The lowest BCUT2D eigenvalue weighted by atomic mass is 10.1. The Morgan fingerprint density at radius 1 is 1.04 bits per heavy atom. The number of hydrogen-bond donors (Lipinski definition) is 1. The largest absolute Gasteiger partial charge is 0.378 e. The molecule has 2 heterocycles. The maximum Gasteiger partial charge on any atom is 0.224 e. The fourth-order valence-electron chi connectivity index (χ4n) is 3.13. The van der Waals surface area contributed by atoms with Gasteiger partial charge in [0.1, 0.15) is 0 Å². The van der Waals surface area contributed by atoms with Gasteiger partial charge < -0.3 is 15.0 Å². The predicted molar refractivity (Wildman–Crippen MR) is 98.2 cm³/mol. The highest BCUT2D eigenvalue weighted by Gasteiger charge is 2.19. The first kappa shape index (κ1) is 16.5. The molecule has 0 bridgehead atoms. The molecule has 1 aromatic heterocycles. The third-order valence-electron chi connectivity index (χ3n) is 4.50. The minimum atomic E-state index is -0.0581. The van der Waals surface area contributed by atoms with E-state index in [-0.39, 0.29) is 5.91 Å². The smallest absolute Gasteiger partial charge is 0.224 e. The van der Waals surface area contributed by atoms with Gasteiger partial charge in [-0.25, -0.2) is 4.63 Å². The molecule has 4 rings (SSSR count). The zero-order chi connectivity index (χ0) is 17.8. The van der Waals surface area contributed by atoms with Gasteiger partial charge in [0, 0.05) is 19.5 Å². The lowest BCUT2D eigenvalue weighted by Gasteiger charge is -2.28. The van der Waals surface area contributed by atoms with Crippen LogP contribution in [-0.2, 0) is 16.0 Å². The number of carbonyl (C=O) groups excluding carboxylic acids is 1. The van der Waals surface area contributed by atoms with E-state index in [2.05, 4.69) is 20.5 Å². The van der Waals surface area contributed by atoms with Crippen molar-refractivity contribution in [1.82, 2.24) is 10.3 Å². The summed E-state index contributed by atoms with van der Waals surface area (Å²) in [5.74, 6) is -0.0581. The molecule has 1 fully saturated rings. The highest BCUT2D eigenvalue weighted by Crippen LogP contribution is 2.30. The topological polar surface area (TPSA) is 80.5 Å². The number of rotatable bonds is 5. The maximum atomic E-state index is 12.3. The molecule has 0 saturated carbocycles. The van der Waals surface area contributed by atoms with E-state index >= 15 is 0 Å². The van der Waals surface area contributed by atoms with Crippen LogP contribution in [0.1, 0.15) is 12.0 Å². The molecule has 26 heavy (non-hydrogen) atoms.